The standard InChI is InChI=1S/C25H21ClF3N5O6S/c1-39-24(36)33-10-14(8-25(28,29)12-33)21-31-32-22(40-21)16-6-19-20(7-17(16)27)41(37,38)11-18(30)23(35)34(19)9-13-2-4-15(26)5-3-13/h2-7,11,14H,8-10,12,30H2,1H3. The summed E-state index contributed by atoms with van der Waals surface area (Å²) in [5.74, 6) is -7.10. The van der Waals surface area contributed by atoms with Gasteiger partial charge < -0.3 is 24.7 Å². The van der Waals surface area contributed by atoms with Gasteiger partial charge in [0.05, 0.1) is 47.7 Å². The second kappa shape index (κ2) is 10.4. The average Bonchev–Trinajstić information content (AvgIpc) is 3.39. The zero-order valence-electron chi connectivity index (χ0n) is 21.2. The molecule has 3 aromatic rings. The van der Waals surface area contributed by atoms with Gasteiger partial charge in [0.25, 0.3) is 17.7 Å². The maximum atomic E-state index is 15.4. The van der Waals surface area contributed by atoms with Crippen molar-refractivity contribution in [1.29, 1.82) is 0 Å². The largest absolute Gasteiger partial charge is 0.453 e. The first-order valence-corrected chi connectivity index (χ1v) is 13.9. The lowest BCUT2D eigenvalue weighted by atomic mass is 9.95. The van der Waals surface area contributed by atoms with Gasteiger partial charge in [-0.1, -0.05) is 23.7 Å². The van der Waals surface area contributed by atoms with Crippen molar-refractivity contribution in [2.45, 2.75) is 29.7 Å². The molecule has 0 bridgehead atoms. The molecule has 2 aliphatic rings. The molecule has 16 heteroatoms. The molecule has 2 aliphatic heterocycles. The summed E-state index contributed by atoms with van der Waals surface area (Å²) in [4.78, 5) is 26.4. The van der Waals surface area contributed by atoms with Crippen molar-refractivity contribution in [3.05, 3.63) is 69.8 Å². The van der Waals surface area contributed by atoms with Gasteiger partial charge in [0.15, 0.2) is 0 Å². The molecule has 3 heterocycles. The van der Waals surface area contributed by atoms with Crippen LogP contribution in [0.2, 0.25) is 5.02 Å². The lowest BCUT2D eigenvalue weighted by Gasteiger charge is -2.35. The predicted molar refractivity (Wildman–Crippen MR) is 138 cm³/mol. The van der Waals surface area contributed by atoms with E-state index in [1.807, 2.05) is 0 Å². The molecule has 5 rings (SSSR count). The smallest absolute Gasteiger partial charge is 0.409 e. The number of aromatic nitrogens is 2. The Morgan fingerprint density at radius 1 is 1.24 bits per heavy atom. The number of likely N-dealkylation sites (tertiary alicyclic amines) is 1. The zero-order chi connectivity index (χ0) is 29.7. The van der Waals surface area contributed by atoms with Crippen LogP contribution in [0.15, 0.2) is 56.8 Å². The number of benzene rings is 2. The van der Waals surface area contributed by atoms with Crippen molar-refractivity contribution in [3.63, 3.8) is 0 Å². The fourth-order valence-electron chi connectivity index (χ4n) is 4.66. The summed E-state index contributed by atoms with van der Waals surface area (Å²) in [6, 6.07) is 8.09. The van der Waals surface area contributed by atoms with Gasteiger partial charge >= 0.3 is 6.09 Å². The van der Waals surface area contributed by atoms with Crippen LogP contribution in [0.4, 0.5) is 23.7 Å². The van der Waals surface area contributed by atoms with Gasteiger partial charge in [-0.05, 0) is 29.8 Å². The Balaban J connectivity index is 1.56. The lowest BCUT2D eigenvalue weighted by molar-refractivity contribution is -0.115. The number of alkyl halides is 2. The predicted octanol–water partition coefficient (Wildman–Crippen LogP) is 3.84. The van der Waals surface area contributed by atoms with Crippen LogP contribution in [0, 0.1) is 5.82 Å². The van der Waals surface area contributed by atoms with Crippen LogP contribution in [-0.2, 0) is 25.9 Å². The van der Waals surface area contributed by atoms with Crippen molar-refractivity contribution in [3.8, 4) is 11.5 Å². The zero-order valence-corrected chi connectivity index (χ0v) is 22.8. The maximum Gasteiger partial charge on any atom is 0.409 e. The Morgan fingerprint density at radius 3 is 2.63 bits per heavy atom. The molecule has 2 N–H and O–H groups in total. The molecule has 1 fully saturated rings. The number of halogens is 4. The number of ether oxygens (including phenoxy) is 1. The van der Waals surface area contributed by atoms with E-state index >= 15 is 4.39 Å². The Bertz CT molecular complexity index is 1680. The number of nitrogens with two attached hydrogens (primary N) is 1. The Hall–Kier alpha value is -4.11. The monoisotopic (exact) mass is 611 g/mol. The SMILES string of the molecule is COC(=O)N1CC(c2nnc(-c3cc4c(cc3F)S(=O)(=O)C=C(N)C(=O)N4Cc3ccc(Cl)cc3)o2)CC(F)(F)C1. The van der Waals surface area contributed by atoms with E-state index in [0.717, 1.165) is 23.0 Å². The highest BCUT2D eigenvalue weighted by Gasteiger charge is 2.45. The second-order valence-electron chi connectivity index (χ2n) is 9.49. The molecule has 1 saturated heterocycles. The molecule has 0 saturated carbocycles. The minimum absolute atomic E-state index is 0.159. The van der Waals surface area contributed by atoms with Crippen molar-refractivity contribution in [2.24, 2.45) is 5.73 Å². The number of carbonyl (C=O) groups is 2. The number of rotatable bonds is 4. The van der Waals surface area contributed by atoms with E-state index in [1.54, 1.807) is 24.3 Å². The molecule has 216 valence electrons. The van der Waals surface area contributed by atoms with Crippen LogP contribution in [0.5, 0.6) is 0 Å². The van der Waals surface area contributed by atoms with Gasteiger partial charge in [-0.2, -0.15) is 0 Å². The van der Waals surface area contributed by atoms with Crippen LogP contribution in [0.25, 0.3) is 11.5 Å². The third-order valence-electron chi connectivity index (χ3n) is 6.54. The van der Waals surface area contributed by atoms with Crippen molar-refractivity contribution in [2.75, 3.05) is 25.1 Å². The first-order chi connectivity index (χ1) is 19.3. The number of hydrogen-bond acceptors (Lipinski definition) is 9. The highest BCUT2D eigenvalue weighted by atomic mass is 35.5. The van der Waals surface area contributed by atoms with Gasteiger partial charge in [0.1, 0.15) is 11.5 Å². The summed E-state index contributed by atoms with van der Waals surface area (Å²) < 4.78 is 80.2. The van der Waals surface area contributed by atoms with E-state index in [4.69, 9.17) is 21.8 Å². The van der Waals surface area contributed by atoms with Gasteiger partial charge in [-0.3, -0.25) is 4.79 Å². The Labute approximate surface area is 236 Å². The Kier molecular flexibility index (Phi) is 7.19. The minimum Gasteiger partial charge on any atom is -0.453 e. The van der Waals surface area contributed by atoms with E-state index in [9.17, 15) is 26.8 Å². The molecule has 0 radical (unpaired) electrons. The quantitative estimate of drug-likeness (QED) is 0.464. The van der Waals surface area contributed by atoms with Crippen LogP contribution in [0.1, 0.15) is 23.8 Å². The molecule has 2 amide bonds. The number of piperidine rings is 1. The van der Waals surface area contributed by atoms with Gasteiger partial charge in [0, 0.05) is 18.0 Å². The van der Waals surface area contributed by atoms with Crippen LogP contribution in [-0.4, -0.2) is 61.6 Å². The molecule has 11 nitrogen and oxygen atoms in total. The minimum atomic E-state index is -4.37. The highest BCUT2D eigenvalue weighted by Crippen LogP contribution is 2.40. The molecule has 0 spiro atoms. The van der Waals surface area contributed by atoms with E-state index in [0.29, 0.717) is 22.1 Å². The second-order valence-corrected chi connectivity index (χ2v) is 11.7. The summed E-state index contributed by atoms with van der Waals surface area (Å²) in [7, 11) is -3.31. The number of amides is 2. The number of hydrogen-bond donors (Lipinski definition) is 1. The van der Waals surface area contributed by atoms with E-state index in [1.165, 1.54) is 0 Å². The third-order valence-corrected chi connectivity index (χ3v) is 8.29. The first-order valence-electron chi connectivity index (χ1n) is 11.9. The number of sulfone groups is 1. The van der Waals surface area contributed by atoms with Gasteiger partial charge in [-0.15, -0.1) is 10.2 Å². The van der Waals surface area contributed by atoms with Crippen molar-refractivity contribution >= 4 is 39.1 Å². The lowest BCUT2D eigenvalue weighted by Crippen LogP contribution is -2.48. The Morgan fingerprint density at radius 2 is 1.95 bits per heavy atom. The maximum absolute atomic E-state index is 15.4. The number of anilines is 1. The van der Waals surface area contributed by atoms with Crippen LogP contribution in [0.3, 0.4) is 0 Å². The highest BCUT2D eigenvalue weighted by molar-refractivity contribution is 7.94. The number of fused-ring (bicyclic) bond motifs is 1. The molecule has 1 unspecified atom stereocenters. The summed E-state index contributed by atoms with van der Waals surface area (Å²) in [5.41, 5.74) is 5.13. The summed E-state index contributed by atoms with van der Waals surface area (Å²) in [6.45, 7) is -1.24. The number of carbonyl (C=O) groups excluding carboxylic acids is 2. The van der Waals surface area contributed by atoms with E-state index in [2.05, 4.69) is 14.9 Å². The molecule has 1 atom stereocenters. The number of nitrogens with zero attached hydrogens (tertiary/aromatic N) is 4. The molecule has 1 aromatic heterocycles. The molecule has 2 aromatic carbocycles. The van der Waals surface area contributed by atoms with Crippen molar-refractivity contribution in [1.82, 2.24) is 15.1 Å². The molecule has 0 aliphatic carbocycles. The number of methoxy groups -OCH3 is 1. The van der Waals surface area contributed by atoms with E-state index in [-0.39, 0.29) is 30.2 Å². The fourth-order valence-corrected chi connectivity index (χ4v) is 6.08. The van der Waals surface area contributed by atoms with Gasteiger partial charge in [0.2, 0.25) is 15.7 Å². The summed E-state index contributed by atoms with van der Waals surface area (Å²) >= 11 is 5.94. The first kappa shape index (κ1) is 28.4. The van der Waals surface area contributed by atoms with Crippen LogP contribution < -0.4 is 10.6 Å². The molecule has 41 heavy (non-hydrogen) atoms. The topological polar surface area (TPSA) is 149 Å². The average molecular weight is 612 g/mol. The molecular weight excluding hydrogens is 591 g/mol. The van der Waals surface area contributed by atoms with Crippen LogP contribution >= 0.6 is 11.6 Å². The van der Waals surface area contributed by atoms with Crippen molar-refractivity contribution < 1.29 is 40.3 Å². The molecular formula is C25H21ClF3N5O6S. The third kappa shape index (κ3) is 5.59. The van der Waals surface area contributed by atoms with E-state index < -0.39 is 68.9 Å². The van der Waals surface area contributed by atoms with Gasteiger partial charge in [-0.25, -0.2) is 26.4 Å². The normalized spacial score (nSPS) is 19.8. The summed E-state index contributed by atoms with van der Waals surface area (Å²) in [5, 5.41) is 8.55. The fraction of sp³-hybridized carbons (Fsp3) is 0.280. The summed E-state index contributed by atoms with van der Waals surface area (Å²) in [6.07, 6.45) is -1.69.